The van der Waals surface area contributed by atoms with Crippen molar-refractivity contribution in [1.82, 2.24) is 15.2 Å². The lowest BCUT2D eigenvalue weighted by Gasteiger charge is -2.43. The third-order valence-corrected chi connectivity index (χ3v) is 10.9. The zero-order valence-electron chi connectivity index (χ0n) is 29.1. The highest BCUT2D eigenvalue weighted by molar-refractivity contribution is 5.93. The summed E-state index contributed by atoms with van der Waals surface area (Å²) in [5.74, 6) is 0.00888. The Morgan fingerprint density at radius 3 is 2.43 bits per heavy atom. The van der Waals surface area contributed by atoms with Crippen molar-refractivity contribution in [2.75, 3.05) is 13.1 Å². The fraction of sp³-hybridized carbons (Fsp3) is 0.429. The van der Waals surface area contributed by atoms with Crippen molar-refractivity contribution < 1.29 is 19.4 Å². The zero-order valence-corrected chi connectivity index (χ0v) is 29.1. The van der Waals surface area contributed by atoms with Gasteiger partial charge in [-0.2, -0.15) is 0 Å². The van der Waals surface area contributed by atoms with E-state index in [-0.39, 0.29) is 30.6 Å². The third-order valence-electron chi connectivity index (χ3n) is 10.9. The fourth-order valence-electron chi connectivity index (χ4n) is 8.82. The van der Waals surface area contributed by atoms with Crippen LogP contribution in [-0.4, -0.2) is 46.1 Å². The Morgan fingerprint density at radius 1 is 0.918 bits per heavy atom. The van der Waals surface area contributed by atoms with Gasteiger partial charge in [-0.05, 0) is 76.1 Å². The first-order valence-corrected chi connectivity index (χ1v) is 17.7. The number of nitrogens with one attached hydrogen (secondary N) is 1. The van der Waals surface area contributed by atoms with E-state index in [0.29, 0.717) is 29.0 Å². The molecule has 49 heavy (non-hydrogen) atoms. The first-order chi connectivity index (χ1) is 23.6. The van der Waals surface area contributed by atoms with E-state index in [0.717, 1.165) is 46.5 Å². The Labute approximate surface area is 290 Å². The van der Waals surface area contributed by atoms with E-state index in [2.05, 4.69) is 91.4 Å². The number of hydrogen-bond acceptors (Lipinski definition) is 6. The summed E-state index contributed by atoms with van der Waals surface area (Å²) in [6, 6.07) is 29.0. The van der Waals surface area contributed by atoms with Crippen LogP contribution in [0.4, 0.5) is 0 Å². The average molecular weight is 660 g/mol. The largest absolute Gasteiger partial charge is 0.392 e. The predicted molar refractivity (Wildman–Crippen MR) is 191 cm³/mol. The average Bonchev–Trinajstić information content (AvgIpc) is 3.35. The molecule has 1 saturated carbocycles. The van der Waals surface area contributed by atoms with Gasteiger partial charge in [0.15, 0.2) is 6.29 Å². The van der Waals surface area contributed by atoms with Crippen molar-refractivity contribution in [3.05, 3.63) is 125 Å². The number of amides is 1. The van der Waals surface area contributed by atoms with E-state index in [9.17, 15) is 9.90 Å². The Hall–Kier alpha value is -3.88. The van der Waals surface area contributed by atoms with Gasteiger partial charge in [0.05, 0.1) is 24.4 Å². The SMILES string of the molecule is CC1C(CN2CC3(C)CC2CC(C)(C)C3)OC(c2ccc(-c3cccc(CNC(=O)c4cccnc4)c3)cc2)OC1c1ccc(CO)cc1. The van der Waals surface area contributed by atoms with Gasteiger partial charge < -0.3 is 19.9 Å². The van der Waals surface area contributed by atoms with Crippen molar-refractivity contribution in [3.8, 4) is 11.1 Å². The Bertz CT molecular complexity index is 1740. The molecule has 256 valence electrons. The molecule has 3 heterocycles. The van der Waals surface area contributed by atoms with Crippen molar-refractivity contribution in [1.29, 1.82) is 0 Å². The molecule has 2 N–H and O–H groups in total. The number of carbonyl (C=O) groups is 1. The number of carbonyl (C=O) groups excluding carboxylic acids is 1. The number of aliphatic hydroxyl groups excluding tert-OH is 1. The van der Waals surface area contributed by atoms with Gasteiger partial charge in [-0.1, -0.05) is 94.4 Å². The number of aromatic nitrogens is 1. The molecule has 1 aromatic heterocycles. The van der Waals surface area contributed by atoms with Crippen LogP contribution in [-0.2, 0) is 22.6 Å². The molecule has 0 spiro atoms. The molecular formula is C42H49N3O4. The van der Waals surface area contributed by atoms with Crippen molar-refractivity contribution in [2.45, 2.75) is 84.6 Å². The second-order valence-corrected chi connectivity index (χ2v) is 15.7. The minimum Gasteiger partial charge on any atom is -0.392 e. The highest BCUT2D eigenvalue weighted by atomic mass is 16.7. The molecule has 3 aromatic carbocycles. The summed E-state index contributed by atoms with van der Waals surface area (Å²) in [5.41, 5.74) is 7.45. The minimum atomic E-state index is -0.499. The summed E-state index contributed by atoms with van der Waals surface area (Å²) in [5, 5.41) is 12.6. The number of benzene rings is 3. The number of rotatable bonds is 9. The van der Waals surface area contributed by atoms with Crippen molar-refractivity contribution in [2.24, 2.45) is 16.7 Å². The molecular weight excluding hydrogens is 610 g/mol. The number of aliphatic hydroxyl groups is 1. The molecule has 6 unspecified atom stereocenters. The van der Waals surface area contributed by atoms with E-state index in [1.54, 1.807) is 24.5 Å². The van der Waals surface area contributed by atoms with Crippen LogP contribution >= 0.6 is 0 Å². The van der Waals surface area contributed by atoms with E-state index in [1.807, 2.05) is 24.3 Å². The van der Waals surface area contributed by atoms with E-state index >= 15 is 0 Å². The number of hydrogen-bond donors (Lipinski definition) is 2. The molecule has 3 aliphatic rings. The molecule has 7 heteroatoms. The highest BCUT2D eigenvalue weighted by Gasteiger charge is 2.51. The zero-order chi connectivity index (χ0) is 34.2. The summed E-state index contributed by atoms with van der Waals surface area (Å²) in [6.07, 6.45) is 6.37. The first kappa shape index (κ1) is 33.6. The normalized spacial score (nSPS) is 27.9. The second-order valence-electron chi connectivity index (χ2n) is 15.7. The minimum absolute atomic E-state index is 0.00515. The summed E-state index contributed by atoms with van der Waals surface area (Å²) >= 11 is 0. The molecule has 7 nitrogen and oxygen atoms in total. The number of nitrogens with zero attached hydrogens (tertiary/aromatic N) is 2. The summed E-state index contributed by atoms with van der Waals surface area (Å²) < 4.78 is 13.7. The maximum Gasteiger partial charge on any atom is 0.253 e. The topological polar surface area (TPSA) is 83.9 Å². The van der Waals surface area contributed by atoms with Crippen LogP contribution in [0.25, 0.3) is 11.1 Å². The van der Waals surface area contributed by atoms with E-state index < -0.39 is 6.29 Å². The van der Waals surface area contributed by atoms with Gasteiger partial charge >= 0.3 is 0 Å². The lowest BCUT2D eigenvalue weighted by atomic mass is 9.65. The van der Waals surface area contributed by atoms with E-state index in [1.165, 1.54) is 19.3 Å². The second kappa shape index (κ2) is 13.8. The standard InChI is InChI=1S/C42H49N3O4/c1-28-37(24-45-27-42(4)21-36(45)20-41(2,3)26-42)48-40(49-38(28)32-12-10-29(25-46)11-13-32)33-16-14-31(15-17-33)34-8-5-7-30(19-34)22-44-39(47)35-9-6-18-43-23-35/h5-19,23,28,36-38,40,46H,20-22,24-27H2,1-4H3,(H,44,47). The van der Waals surface area contributed by atoms with Gasteiger partial charge in [0.1, 0.15) is 0 Å². The number of fused-ring (bicyclic) bond motifs is 2. The van der Waals surface area contributed by atoms with Crippen LogP contribution in [0.2, 0.25) is 0 Å². The maximum absolute atomic E-state index is 12.5. The Balaban J connectivity index is 1.09. The van der Waals surface area contributed by atoms with Crippen LogP contribution in [0.3, 0.4) is 0 Å². The van der Waals surface area contributed by atoms with Gasteiger partial charge in [0.2, 0.25) is 0 Å². The van der Waals surface area contributed by atoms with Crippen molar-refractivity contribution in [3.63, 3.8) is 0 Å². The van der Waals surface area contributed by atoms with Crippen LogP contribution in [0.1, 0.15) is 92.0 Å². The summed E-state index contributed by atoms with van der Waals surface area (Å²) in [6.45, 7) is 12.1. The fourth-order valence-corrected chi connectivity index (χ4v) is 8.82. The molecule has 2 bridgehead atoms. The molecule has 6 atom stereocenters. The quantitative estimate of drug-likeness (QED) is 0.190. The van der Waals surface area contributed by atoms with Gasteiger partial charge in [0, 0.05) is 49.6 Å². The summed E-state index contributed by atoms with van der Waals surface area (Å²) in [7, 11) is 0. The van der Waals surface area contributed by atoms with Crippen molar-refractivity contribution >= 4 is 5.91 Å². The monoisotopic (exact) mass is 659 g/mol. The Morgan fingerprint density at radius 2 is 1.69 bits per heavy atom. The molecule has 2 aliphatic heterocycles. The predicted octanol–water partition coefficient (Wildman–Crippen LogP) is 7.86. The van der Waals surface area contributed by atoms with E-state index in [4.69, 9.17) is 9.47 Å². The lowest BCUT2D eigenvalue weighted by Crippen LogP contribution is -2.46. The van der Waals surface area contributed by atoms with Crippen LogP contribution in [0, 0.1) is 16.7 Å². The lowest BCUT2D eigenvalue weighted by molar-refractivity contribution is -0.276. The summed E-state index contributed by atoms with van der Waals surface area (Å²) in [4.78, 5) is 19.3. The van der Waals surface area contributed by atoms with Gasteiger partial charge in [-0.15, -0.1) is 0 Å². The molecule has 0 radical (unpaired) electrons. The van der Waals surface area contributed by atoms with Gasteiger partial charge in [0.25, 0.3) is 5.91 Å². The molecule has 4 aromatic rings. The number of pyridine rings is 1. The number of likely N-dealkylation sites (tertiary alicyclic amines) is 1. The number of ether oxygens (including phenoxy) is 2. The van der Waals surface area contributed by atoms with Crippen LogP contribution in [0.5, 0.6) is 0 Å². The molecule has 1 aliphatic carbocycles. The highest BCUT2D eigenvalue weighted by Crippen LogP contribution is 2.53. The molecule has 1 amide bonds. The molecule has 2 saturated heterocycles. The molecule has 7 rings (SSSR count). The van der Waals surface area contributed by atoms with Crippen LogP contribution in [0.15, 0.2) is 97.3 Å². The van der Waals surface area contributed by atoms with Gasteiger partial charge in [-0.3, -0.25) is 14.7 Å². The molecule has 3 fully saturated rings. The Kier molecular flexibility index (Phi) is 9.46. The first-order valence-electron chi connectivity index (χ1n) is 17.7. The van der Waals surface area contributed by atoms with Gasteiger partial charge in [-0.25, -0.2) is 0 Å². The van der Waals surface area contributed by atoms with Crippen LogP contribution < -0.4 is 5.32 Å². The smallest absolute Gasteiger partial charge is 0.253 e. The third kappa shape index (κ3) is 7.51. The maximum atomic E-state index is 12.5.